The Labute approximate surface area is 135 Å². The molecule has 1 heterocycles. The van der Waals surface area contributed by atoms with Crippen molar-refractivity contribution >= 4 is 29.3 Å². The first-order chi connectivity index (χ1) is 10.4. The van der Waals surface area contributed by atoms with Crippen LogP contribution in [0, 0.1) is 20.8 Å². The molecule has 5 nitrogen and oxygen atoms in total. The number of thioether (sulfide) groups is 1. The Bertz CT molecular complexity index is 560. The normalized spacial score (nSPS) is 17.4. The van der Waals surface area contributed by atoms with E-state index < -0.39 is 0 Å². The molecular formula is C16H23N3O2S. The van der Waals surface area contributed by atoms with Gasteiger partial charge in [0.15, 0.2) is 0 Å². The molecule has 1 aromatic rings. The maximum Gasteiger partial charge on any atom is 0.243 e. The van der Waals surface area contributed by atoms with E-state index in [1.807, 2.05) is 32.9 Å². The molecule has 22 heavy (non-hydrogen) atoms. The number of hydrogen-bond donors (Lipinski definition) is 2. The Morgan fingerprint density at radius 2 is 1.95 bits per heavy atom. The molecule has 1 unspecified atom stereocenters. The highest BCUT2D eigenvalue weighted by Crippen LogP contribution is 2.21. The maximum absolute atomic E-state index is 12.2. The number of likely N-dealkylation sites (N-methyl/N-ethyl adjacent to an activating group) is 1. The third-order valence-electron chi connectivity index (χ3n) is 3.71. The molecule has 0 spiro atoms. The molecule has 0 aromatic heterocycles. The third-order valence-corrected chi connectivity index (χ3v) is 4.65. The molecule has 120 valence electrons. The van der Waals surface area contributed by atoms with Gasteiger partial charge in [-0.15, -0.1) is 11.8 Å². The highest BCUT2D eigenvalue weighted by atomic mass is 32.2. The van der Waals surface area contributed by atoms with Crippen LogP contribution in [0.5, 0.6) is 0 Å². The standard InChI is InChI=1S/C16H23N3O2S/c1-10-5-11(2)15(12(3)6-10)18-14(20)7-19(4)16(21)13-8-22-9-17-13/h5-6,13,17H,7-9H2,1-4H3,(H,18,20). The molecule has 2 amide bonds. The lowest BCUT2D eigenvalue weighted by Crippen LogP contribution is -2.45. The van der Waals surface area contributed by atoms with Gasteiger partial charge in [-0.25, -0.2) is 0 Å². The number of rotatable bonds is 4. The Morgan fingerprint density at radius 1 is 1.32 bits per heavy atom. The summed E-state index contributed by atoms with van der Waals surface area (Å²) in [6, 6.07) is 3.90. The van der Waals surface area contributed by atoms with Crippen LogP contribution < -0.4 is 10.6 Å². The maximum atomic E-state index is 12.2. The number of aryl methyl sites for hydroxylation is 3. The molecule has 6 heteroatoms. The number of carbonyl (C=O) groups is 2. The quantitative estimate of drug-likeness (QED) is 0.886. The van der Waals surface area contributed by atoms with Gasteiger partial charge in [0.05, 0.1) is 12.6 Å². The number of benzene rings is 1. The first-order valence-electron chi connectivity index (χ1n) is 7.32. The third kappa shape index (κ3) is 4.01. The van der Waals surface area contributed by atoms with E-state index in [-0.39, 0.29) is 24.4 Å². The monoisotopic (exact) mass is 321 g/mol. The second-order valence-corrected chi connectivity index (χ2v) is 6.82. The lowest BCUT2D eigenvalue weighted by atomic mass is 10.1. The largest absolute Gasteiger partial charge is 0.335 e. The van der Waals surface area contributed by atoms with E-state index in [4.69, 9.17) is 0 Å². The first kappa shape index (κ1) is 16.8. The van der Waals surface area contributed by atoms with Gasteiger partial charge in [-0.2, -0.15) is 0 Å². The minimum absolute atomic E-state index is 0.0301. The summed E-state index contributed by atoms with van der Waals surface area (Å²) >= 11 is 1.70. The van der Waals surface area contributed by atoms with Crippen LogP contribution in [0.2, 0.25) is 0 Å². The molecule has 1 saturated heterocycles. The van der Waals surface area contributed by atoms with E-state index in [1.165, 1.54) is 10.5 Å². The number of amides is 2. The van der Waals surface area contributed by atoms with E-state index in [2.05, 4.69) is 10.6 Å². The van der Waals surface area contributed by atoms with Crippen LogP contribution in [0.1, 0.15) is 16.7 Å². The van der Waals surface area contributed by atoms with Crippen molar-refractivity contribution in [2.45, 2.75) is 26.8 Å². The molecule has 1 aliphatic rings. The summed E-state index contributed by atoms with van der Waals surface area (Å²) in [6.45, 7) is 6.05. The fraction of sp³-hybridized carbons (Fsp3) is 0.500. The van der Waals surface area contributed by atoms with Crippen LogP contribution in [0.4, 0.5) is 5.69 Å². The fourth-order valence-electron chi connectivity index (χ4n) is 2.67. The highest BCUT2D eigenvalue weighted by molar-refractivity contribution is 7.99. The van der Waals surface area contributed by atoms with Gasteiger partial charge in [0.25, 0.3) is 0 Å². The van der Waals surface area contributed by atoms with Crippen molar-refractivity contribution < 1.29 is 9.59 Å². The van der Waals surface area contributed by atoms with E-state index >= 15 is 0 Å². The Balaban J connectivity index is 1.96. The summed E-state index contributed by atoms with van der Waals surface area (Å²) in [6.07, 6.45) is 0. The smallest absolute Gasteiger partial charge is 0.243 e. The zero-order valence-electron chi connectivity index (χ0n) is 13.5. The van der Waals surface area contributed by atoms with Gasteiger partial charge in [-0.05, 0) is 31.9 Å². The van der Waals surface area contributed by atoms with Crippen molar-refractivity contribution in [3.8, 4) is 0 Å². The summed E-state index contributed by atoms with van der Waals surface area (Å²) in [5.74, 6) is 1.35. The van der Waals surface area contributed by atoms with Crippen molar-refractivity contribution in [1.82, 2.24) is 10.2 Å². The summed E-state index contributed by atoms with van der Waals surface area (Å²) in [4.78, 5) is 25.9. The van der Waals surface area contributed by atoms with E-state index in [9.17, 15) is 9.59 Å². The minimum atomic E-state index is -0.175. The summed E-state index contributed by atoms with van der Waals surface area (Å²) in [5, 5.41) is 6.05. The predicted octanol–water partition coefficient (Wildman–Crippen LogP) is 1.67. The second-order valence-electron chi connectivity index (χ2n) is 5.79. The first-order valence-corrected chi connectivity index (χ1v) is 8.47. The van der Waals surface area contributed by atoms with Gasteiger partial charge < -0.3 is 10.2 Å². The van der Waals surface area contributed by atoms with Crippen molar-refractivity contribution in [2.75, 3.05) is 30.5 Å². The van der Waals surface area contributed by atoms with Crippen LogP contribution >= 0.6 is 11.8 Å². The molecule has 2 rings (SSSR count). The van der Waals surface area contributed by atoms with Crippen LogP contribution in [-0.2, 0) is 9.59 Å². The topological polar surface area (TPSA) is 61.4 Å². The van der Waals surface area contributed by atoms with Crippen LogP contribution in [0.3, 0.4) is 0 Å². The molecule has 1 atom stereocenters. The molecule has 0 bridgehead atoms. The summed E-state index contributed by atoms with van der Waals surface area (Å²) < 4.78 is 0. The SMILES string of the molecule is Cc1cc(C)c(NC(=O)CN(C)C(=O)C2CSCN2)c(C)c1. The van der Waals surface area contributed by atoms with Gasteiger partial charge in [0.1, 0.15) is 0 Å². The highest BCUT2D eigenvalue weighted by Gasteiger charge is 2.26. The molecule has 2 N–H and O–H groups in total. The molecule has 1 aliphatic heterocycles. The molecule has 0 saturated carbocycles. The number of anilines is 1. The average molecular weight is 321 g/mol. The van der Waals surface area contributed by atoms with E-state index in [1.54, 1.807) is 18.8 Å². The lowest BCUT2D eigenvalue weighted by molar-refractivity contribution is -0.134. The summed E-state index contributed by atoms with van der Waals surface area (Å²) in [7, 11) is 1.67. The number of nitrogens with one attached hydrogen (secondary N) is 2. The van der Waals surface area contributed by atoms with Gasteiger partial charge in [0, 0.05) is 24.4 Å². The van der Waals surface area contributed by atoms with Gasteiger partial charge in [0.2, 0.25) is 11.8 Å². The Hall–Kier alpha value is -1.53. The van der Waals surface area contributed by atoms with Crippen molar-refractivity contribution in [1.29, 1.82) is 0 Å². The number of nitrogens with zero attached hydrogens (tertiary/aromatic N) is 1. The van der Waals surface area contributed by atoms with Crippen molar-refractivity contribution in [3.05, 3.63) is 28.8 Å². The number of carbonyl (C=O) groups excluding carboxylic acids is 2. The van der Waals surface area contributed by atoms with E-state index in [0.717, 1.165) is 28.4 Å². The van der Waals surface area contributed by atoms with Gasteiger partial charge in [-0.1, -0.05) is 17.7 Å². The molecule has 1 fully saturated rings. The van der Waals surface area contributed by atoms with Gasteiger partial charge in [-0.3, -0.25) is 14.9 Å². The number of hydrogen-bond acceptors (Lipinski definition) is 4. The van der Waals surface area contributed by atoms with Gasteiger partial charge >= 0.3 is 0 Å². The van der Waals surface area contributed by atoms with Crippen molar-refractivity contribution in [2.24, 2.45) is 0 Å². The molecule has 1 aromatic carbocycles. The molecule has 0 radical (unpaired) electrons. The van der Waals surface area contributed by atoms with Crippen molar-refractivity contribution in [3.63, 3.8) is 0 Å². The Morgan fingerprint density at radius 3 is 2.50 bits per heavy atom. The summed E-state index contributed by atoms with van der Waals surface area (Å²) in [5.41, 5.74) is 4.08. The molecule has 0 aliphatic carbocycles. The van der Waals surface area contributed by atoms with E-state index in [0.29, 0.717) is 0 Å². The second kappa shape index (κ2) is 7.15. The van der Waals surface area contributed by atoms with Crippen LogP contribution in [0.15, 0.2) is 12.1 Å². The average Bonchev–Trinajstić information content (AvgIpc) is 2.95. The molecular weight excluding hydrogens is 298 g/mol. The zero-order chi connectivity index (χ0) is 16.3. The fourth-order valence-corrected chi connectivity index (χ4v) is 3.60. The zero-order valence-corrected chi connectivity index (χ0v) is 14.3. The van der Waals surface area contributed by atoms with Crippen LogP contribution in [-0.4, -0.2) is 48.0 Å². The predicted molar refractivity (Wildman–Crippen MR) is 91.2 cm³/mol. The lowest BCUT2D eigenvalue weighted by Gasteiger charge is -2.21. The minimum Gasteiger partial charge on any atom is -0.335 e. The Kier molecular flexibility index (Phi) is 5.47. The van der Waals surface area contributed by atoms with Crippen LogP contribution in [0.25, 0.3) is 0 Å².